The Bertz CT molecular complexity index is 1010. The molecule has 0 amide bonds. The molecule has 3 rings (SSSR count). The quantitative estimate of drug-likeness (QED) is 0.0749. The molecule has 0 N–H and O–H groups in total. The van der Waals surface area contributed by atoms with Crippen molar-refractivity contribution in [3.63, 3.8) is 0 Å². The summed E-state index contributed by atoms with van der Waals surface area (Å²) in [6, 6.07) is 11.2. The fourth-order valence-electron chi connectivity index (χ4n) is 5.64. The SMILES string of the molecule is CCCCOC(C)COC1COC1[Si](O[Si](C)(C)C)(O[Si](C)(CCCOCC1CO1)O[Si](C)(C)O[Si](C)(C)C)c1ccccc1. The molecule has 2 fully saturated rings. The molecule has 0 saturated carbocycles. The Balaban J connectivity index is 1.95. The second-order valence-corrected chi connectivity index (χ2v) is 34.8. The highest BCUT2D eigenvalue weighted by Gasteiger charge is 2.62. The fourth-order valence-corrected chi connectivity index (χ4v) is 29.0. The van der Waals surface area contributed by atoms with E-state index in [1.54, 1.807) is 0 Å². The Morgan fingerprint density at radius 3 is 2.02 bits per heavy atom. The Labute approximate surface area is 278 Å². The Morgan fingerprint density at radius 1 is 0.800 bits per heavy atom. The largest absolute Gasteiger partial charge is 0.437 e. The van der Waals surface area contributed by atoms with E-state index in [0.717, 1.165) is 43.7 Å². The van der Waals surface area contributed by atoms with Gasteiger partial charge in [-0.25, -0.2) is 0 Å². The van der Waals surface area contributed by atoms with Crippen molar-refractivity contribution >= 4 is 47.5 Å². The van der Waals surface area contributed by atoms with Crippen LogP contribution in [0.2, 0.25) is 65.0 Å². The van der Waals surface area contributed by atoms with Crippen LogP contribution in [0.3, 0.4) is 0 Å². The van der Waals surface area contributed by atoms with Crippen LogP contribution in [0.4, 0.5) is 0 Å². The van der Waals surface area contributed by atoms with E-state index in [0.29, 0.717) is 26.4 Å². The minimum atomic E-state index is -3.33. The van der Waals surface area contributed by atoms with E-state index in [4.69, 9.17) is 40.1 Å². The van der Waals surface area contributed by atoms with E-state index in [-0.39, 0.29) is 24.0 Å². The van der Waals surface area contributed by atoms with Gasteiger partial charge in [0.15, 0.2) is 16.6 Å². The zero-order valence-corrected chi connectivity index (χ0v) is 34.9. The summed E-state index contributed by atoms with van der Waals surface area (Å²) >= 11 is 0. The predicted octanol–water partition coefficient (Wildman–Crippen LogP) is 6.18. The van der Waals surface area contributed by atoms with E-state index >= 15 is 0 Å². The number of benzene rings is 1. The van der Waals surface area contributed by atoms with Crippen LogP contribution in [-0.4, -0.2) is 106 Å². The van der Waals surface area contributed by atoms with Gasteiger partial charge in [-0.1, -0.05) is 43.7 Å². The van der Waals surface area contributed by atoms with Gasteiger partial charge in [0.1, 0.15) is 17.9 Å². The maximum Gasteiger partial charge on any atom is 0.386 e. The third-order valence-electron chi connectivity index (χ3n) is 7.24. The van der Waals surface area contributed by atoms with Gasteiger partial charge in [-0.3, -0.25) is 0 Å². The first-order chi connectivity index (χ1) is 21.0. The smallest absolute Gasteiger partial charge is 0.386 e. The van der Waals surface area contributed by atoms with Gasteiger partial charge >= 0.3 is 25.7 Å². The van der Waals surface area contributed by atoms with E-state index < -0.39 is 42.3 Å². The van der Waals surface area contributed by atoms with Gasteiger partial charge in [-0.05, 0) is 89.9 Å². The summed E-state index contributed by atoms with van der Waals surface area (Å²) in [5.41, 5.74) is -0.337. The summed E-state index contributed by atoms with van der Waals surface area (Å²) in [5.74, 6) is 0. The van der Waals surface area contributed by atoms with Crippen LogP contribution in [-0.2, 0) is 40.1 Å². The number of hydrogen-bond acceptors (Lipinski definition) is 9. The second-order valence-electron chi connectivity index (χ2n) is 15.0. The molecule has 6 atom stereocenters. The zero-order chi connectivity index (χ0) is 33.4. The zero-order valence-electron chi connectivity index (χ0n) is 29.9. The molecule has 45 heavy (non-hydrogen) atoms. The van der Waals surface area contributed by atoms with Gasteiger partial charge in [-0.2, -0.15) is 0 Å². The fraction of sp³-hybridized carbons (Fsp3) is 0.806. The molecule has 2 saturated heterocycles. The normalized spacial score (nSPS) is 24.0. The van der Waals surface area contributed by atoms with Gasteiger partial charge in [0.2, 0.25) is 0 Å². The molecule has 2 aliphatic rings. The van der Waals surface area contributed by atoms with Crippen LogP contribution in [0.15, 0.2) is 30.3 Å². The highest BCUT2D eigenvalue weighted by atomic mass is 28.5. The number of epoxide rings is 1. The molecule has 0 aromatic heterocycles. The average Bonchev–Trinajstić information content (AvgIpc) is 3.70. The summed E-state index contributed by atoms with van der Waals surface area (Å²) < 4.78 is 59.1. The molecule has 0 aliphatic carbocycles. The van der Waals surface area contributed by atoms with Crippen molar-refractivity contribution in [3.05, 3.63) is 30.3 Å². The van der Waals surface area contributed by atoms with Gasteiger partial charge in [0, 0.05) is 13.2 Å². The number of ether oxygens (including phenoxy) is 5. The van der Waals surface area contributed by atoms with E-state index in [1.165, 1.54) is 0 Å². The number of rotatable bonds is 23. The van der Waals surface area contributed by atoms with E-state index in [1.807, 2.05) is 6.07 Å². The molecule has 2 heterocycles. The molecule has 9 nitrogen and oxygen atoms in total. The summed E-state index contributed by atoms with van der Waals surface area (Å²) in [6.07, 6.45) is 3.06. The van der Waals surface area contributed by atoms with Gasteiger partial charge in [-0.15, -0.1) is 0 Å². The van der Waals surface area contributed by atoms with Crippen molar-refractivity contribution in [1.29, 1.82) is 0 Å². The molecule has 0 bridgehead atoms. The third-order valence-corrected chi connectivity index (χ3v) is 25.6. The minimum Gasteiger partial charge on any atom is -0.437 e. The van der Waals surface area contributed by atoms with Crippen LogP contribution >= 0.6 is 0 Å². The molecule has 2 aliphatic heterocycles. The maximum absolute atomic E-state index is 7.62. The topological polar surface area (TPSA) is 86.4 Å². The van der Waals surface area contributed by atoms with Crippen LogP contribution in [0.1, 0.15) is 33.1 Å². The van der Waals surface area contributed by atoms with Crippen LogP contribution in [0, 0.1) is 0 Å². The standard InChI is InChI=1S/C31H62O9Si5/c1-12-13-21-33-27(2)23-35-30-26-36-31(30)45(38-42(6,7)8,29-18-15-14-16-19-29)40-44(11,22-17-20-32-24-28-25-34-28)39-43(9,10)37-41(3,4)5/h14-16,18-19,27-28,30-31H,12-13,17,20-26H2,1-11H3. The summed E-state index contributed by atoms with van der Waals surface area (Å²) in [5, 5.41) is 1.05. The van der Waals surface area contributed by atoms with Gasteiger partial charge < -0.3 is 40.1 Å². The van der Waals surface area contributed by atoms with Crippen molar-refractivity contribution in [2.75, 3.05) is 39.6 Å². The van der Waals surface area contributed by atoms with Crippen LogP contribution in [0.5, 0.6) is 0 Å². The Morgan fingerprint density at radius 2 is 1.47 bits per heavy atom. The van der Waals surface area contributed by atoms with E-state index in [9.17, 15) is 0 Å². The number of hydrogen-bond donors (Lipinski definition) is 0. The second kappa shape index (κ2) is 17.0. The first kappa shape index (κ1) is 39.4. The lowest BCUT2D eigenvalue weighted by atomic mass is 10.3. The minimum absolute atomic E-state index is 0.000976. The van der Waals surface area contributed by atoms with Crippen molar-refractivity contribution in [3.8, 4) is 0 Å². The van der Waals surface area contributed by atoms with Crippen molar-refractivity contribution in [2.24, 2.45) is 0 Å². The molecule has 6 unspecified atom stereocenters. The summed E-state index contributed by atoms with van der Waals surface area (Å²) in [6.45, 7) is 27.8. The van der Waals surface area contributed by atoms with Crippen molar-refractivity contribution in [2.45, 2.75) is 122 Å². The monoisotopic (exact) mass is 718 g/mol. The molecule has 0 radical (unpaired) electrons. The molecular weight excluding hydrogens is 657 g/mol. The van der Waals surface area contributed by atoms with Gasteiger partial charge in [0.05, 0.1) is 32.5 Å². The number of unbranched alkanes of at least 4 members (excludes halogenated alkanes) is 1. The lowest BCUT2D eigenvalue weighted by Crippen LogP contribution is -2.77. The van der Waals surface area contributed by atoms with Crippen LogP contribution in [0.25, 0.3) is 0 Å². The van der Waals surface area contributed by atoms with Gasteiger partial charge in [0.25, 0.3) is 0 Å². The van der Waals surface area contributed by atoms with Crippen molar-refractivity contribution < 1.29 is 40.1 Å². The lowest BCUT2D eigenvalue weighted by molar-refractivity contribution is -0.177. The van der Waals surface area contributed by atoms with Crippen molar-refractivity contribution in [1.82, 2.24) is 0 Å². The highest BCUT2D eigenvalue weighted by molar-refractivity contribution is 6.96. The van der Waals surface area contributed by atoms with Crippen LogP contribution < -0.4 is 5.19 Å². The Hall–Kier alpha value is -0.0556. The first-order valence-corrected chi connectivity index (χ1v) is 30.9. The Kier molecular flexibility index (Phi) is 14.9. The molecule has 260 valence electrons. The predicted molar refractivity (Wildman–Crippen MR) is 192 cm³/mol. The summed E-state index contributed by atoms with van der Waals surface area (Å²) in [7, 11) is -12.9. The average molecular weight is 719 g/mol. The molecule has 1 aromatic rings. The molecular formula is C31H62O9Si5. The molecule has 0 spiro atoms. The molecule has 14 heteroatoms. The lowest BCUT2D eigenvalue weighted by Gasteiger charge is -2.52. The summed E-state index contributed by atoms with van der Waals surface area (Å²) in [4.78, 5) is 0. The first-order valence-electron chi connectivity index (χ1n) is 16.9. The molecule has 1 aromatic carbocycles. The third kappa shape index (κ3) is 13.8. The maximum atomic E-state index is 7.62. The van der Waals surface area contributed by atoms with E-state index in [2.05, 4.69) is 97.0 Å². The highest BCUT2D eigenvalue weighted by Crippen LogP contribution is 2.36.